The van der Waals surface area contributed by atoms with Crippen molar-refractivity contribution in [3.8, 4) is 0 Å². The van der Waals surface area contributed by atoms with Crippen molar-refractivity contribution >= 4 is 22.4 Å². The number of hydrogen-bond donors (Lipinski definition) is 0. The van der Waals surface area contributed by atoms with Gasteiger partial charge in [-0.1, -0.05) is 36.4 Å². The van der Waals surface area contributed by atoms with Crippen LogP contribution in [-0.2, 0) is 4.79 Å². The molecule has 1 fully saturated rings. The number of carbonyl (C=O) groups excluding carboxylic acids is 1. The van der Waals surface area contributed by atoms with Crippen LogP contribution in [0.5, 0.6) is 0 Å². The first kappa shape index (κ1) is 16.0. The number of nitrogens with zero attached hydrogens (tertiary/aromatic N) is 2. The first-order valence-corrected chi connectivity index (χ1v) is 8.65. The molecule has 3 rings (SSSR count). The Morgan fingerprint density at radius 2 is 1.83 bits per heavy atom. The summed E-state index contributed by atoms with van der Waals surface area (Å²) in [6, 6.07) is 14.5. The number of piperidine rings is 1. The minimum atomic E-state index is 0.262. The van der Waals surface area contributed by atoms with Gasteiger partial charge < -0.3 is 9.80 Å². The zero-order chi connectivity index (χ0) is 16.2. The fraction of sp³-hybridized carbons (Fsp3) is 0.450. The average molecular weight is 310 g/mol. The molecule has 1 heterocycles. The molecule has 122 valence electrons. The maximum atomic E-state index is 12.9. The maximum Gasteiger partial charge on any atom is 0.227 e. The van der Waals surface area contributed by atoms with E-state index < -0.39 is 0 Å². The molecule has 2 aromatic rings. The van der Waals surface area contributed by atoms with Crippen LogP contribution in [0.25, 0.3) is 10.8 Å². The molecule has 0 N–H and O–H groups in total. The first-order chi connectivity index (χ1) is 11.2. The maximum absolute atomic E-state index is 12.9. The number of amides is 1. The van der Waals surface area contributed by atoms with Gasteiger partial charge in [-0.3, -0.25) is 4.79 Å². The normalized spacial score (nSPS) is 16.6. The van der Waals surface area contributed by atoms with Crippen LogP contribution in [0.3, 0.4) is 0 Å². The number of hydrogen-bond acceptors (Lipinski definition) is 2. The molecule has 0 unspecified atom stereocenters. The van der Waals surface area contributed by atoms with Gasteiger partial charge in [0.05, 0.1) is 5.69 Å². The number of carbonyl (C=O) groups is 1. The van der Waals surface area contributed by atoms with Gasteiger partial charge in [0.1, 0.15) is 0 Å². The lowest BCUT2D eigenvalue weighted by molar-refractivity contribution is -0.119. The number of fused-ring (bicyclic) bond motifs is 1. The molecule has 0 aliphatic carbocycles. The van der Waals surface area contributed by atoms with Crippen molar-refractivity contribution in [3.05, 3.63) is 42.5 Å². The van der Waals surface area contributed by atoms with Crippen LogP contribution in [0.1, 0.15) is 26.2 Å². The van der Waals surface area contributed by atoms with Gasteiger partial charge in [-0.25, -0.2) is 0 Å². The molecule has 3 nitrogen and oxygen atoms in total. The Bertz CT molecular complexity index is 669. The largest absolute Gasteiger partial charge is 0.312 e. The van der Waals surface area contributed by atoms with E-state index in [1.54, 1.807) is 0 Å². The van der Waals surface area contributed by atoms with E-state index in [-0.39, 0.29) is 5.91 Å². The second-order valence-corrected chi connectivity index (χ2v) is 6.59. The van der Waals surface area contributed by atoms with E-state index in [9.17, 15) is 4.79 Å². The van der Waals surface area contributed by atoms with Gasteiger partial charge >= 0.3 is 0 Å². The summed E-state index contributed by atoms with van der Waals surface area (Å²) in [7, 11) is 2.16. The summed E-state index contributed by atoms with van der Waals surface area (Å²) in [5.41, 5.74) is 1.04. The molecule has 0 radical (unpaired) electrons. The van der Waals surface area contributed by atoms with E-state index >= 15 is 0 Å². The highest BCUT2D eigenvalue weighted by atomic mass is 16.2. The summed E-state index contributed by atoms with van der Waals surface area (Å²) in [5.74, 6) is 0.793. The Kier molecular flexibility index (Phi) is 4.97. The highest BCUT2D eigenvalue weighted by Crippen LogP contribution is 2.28. The molecule has 0 atom stereocenters. The molecule has 0 aromatic heterocycles. The van der Waals surface area contributed by atoms with Crippen LogP contribution in [0.4, 0.5) is 5.69 Å². The van der Waals surface area contributed by atoms with Crippen molar-refractivity contribution in [3.63, 3.8) is 0 Å². The van der Waals surface area contributed by atoms with E-state index in [1.807, 2.05) is 23.1 Å². The van der Waals surface area contributed by atoms with Crippen LogP contribution in [0, 0.1) is 5.92 Å². The van der Waals surface area contributed by atoms with Crippen LogP contribution in [-0.4, -0.2) is 37.5 Å². The Morgan fingerprint density at radius 1 is 1.13 bits per heavy atom. The molecule has 0 bridgehead atoms. The van der Waals surface area contributed by atoms with Crippen molar-refractivity contribution in [2.75, 3.05) is 31.6 Å². The van der Waals surface area contributed by atoms with Crippen LogP contribution in [0.15, 0.2) is 42.5 Å². The van der Waals surface area contributed by atoms with Crippen molar-refractivity contribution in [1.82, 2.24) is 4.90 Å². The SMILES string of the molecule is CCN(C(=O)CC1CCN(C)CC1)c1cccc2ccccc12. The van der Waals surface area contributed by atoms with Gasteiger partial charge in [0, 0.05) is 18.4 Å². The second-order valence-electron chi connectivity index (χ2n) is 6.59. The Labute approximate surface area is 138 Å². The highest BCUT2D eigenvalue weighted by molar-refractivity contribution is 6.03. The third kappa shape index (κ3) is 3.56. The zero-order valence-electron chi connectivity index (χ0n) is 14.2. The van der Waals surface area contributed by atoms with Crippen LogP contribution in [0.2, 0.25) is 0 Å². The molecular formula is C20H26N2O. The van der Waals surface area contributed by atoms with Gasteiger partial charge in [-0.05, 0) is 57.3 Å². The van der Waals surface area contributed by atoms with Gasteiger partial charge in [0.2, 0.25) is 5.91 Å². The summed E-state index contributed by atoms with van der Waals surface area (Å²) in [6.45, 7) is 5.00. The highest BCUT2D eigenvalue weighted by Gasteiger charge is 2.23. The Hall–Kier alpha value is -1.87. The third-order valence-corrected chi connectivity index (χ3v) is 4.98. The predicted molar refractivity (Wildman–Crippen MR) is 96.8 cm³/mol. The third-order valence-electron chi connectivity index (χ3n) is 4.98. The van der Waals surface area contributed by atoms with E-state index in [4.69, 9.17) is 0 Å². The van der Waals surface area contributed by atoms with Gasteiger partial charge in [0.15, 0.2) is 0 Å². The molecule has 1 saturated heterocycles. The lowest BCUT2D eigenvalue weighted by Crippen LogP contribution is -2.36. The fourth-order valence-corrected chi connectivity index (χ4v) is 3.55. The molecule has 1 amide bonds. The topological polar surface area (TPSA) is 23.6 Å². The lowest BCUT2D eigenvalue weighted by atomic mass is 9.93. The van der Waals surface area contributed by atoms with Crippen molar-refractivity contribution in [2.24, 2.45) is 5.92 Å². The molecule has 1 aliphatic heterocycles. The van der Waals surface area contributed by atoms with E-state index in [2.05, 4.69) is 43.1 Å². The lowest BCUT2D eigenvalue weighted by Gasteiger charge is -2.30. The van der Waals surface area contributed by atoms with Gasteiger partial charge in [-0.15, -0.1) is 0 Å². The summed E-state index contributed by atoms with van der Waals surface area (Å²) in [5, 5.41) is 2.35. The van der Waals surface area contributed by atoms with Crippen LogP contribution < -0.4 is 4.90 Å². The molecule has 0 saturated carbocycles. The molecule has 2 aromatic carbocycles. The Morgan fingerprint density at radius 3 is 2.57 bits per heavy atom. The van der Waals surface area contributed by atoms with Crippen molar-refractivity contribution in [1.29, 1.82) is 0 Å². The van der Waals surface area contributed by atoms with Gasteiger partial charge in [0.25, 0.3) is 0 Å². The minimum absolute atomic E-state index is 0.262. The quantitative estimate of drug-likeness (QED) is 0.854. The fourth-order valence-electron chi connectivity index (χ4n) is 3.55. The number of benzene rings is 2. The number of anilines is 1. The number of likely N-dealkylation sites (tertiary alicyclic amines) is 1. The summed E-state index contributed by atoms with van der Waals surface area (Å²) >= 11 is 0. The van der Waals surface area contributed by atoms with E-state index in [1.165, 1.54) is 5.39 Å². The standard InChI is InChI=1S/C20H26N2O/c1-3-22(20(23)15-16-11-13-21(2)14-12-16)19-10-6-8-17-7-4-5-9-18(17)19/h4-10,16H,3,11-15H2,1-2H3. The first-order valence-electron chi connectivity index (χ1n) is 8.65. The molecule has 0 spiro atoms. The predicted octanol–water partition coefficient (Wildman–Crippen LogP) is 3.92. The van der Waals surface area contributed by atoms with Crippen molar-refractivity contribution < 1.29 is 4.79 Å². The summed E-state index contributed by atoms with van der Waals surface area (Å²) in [6.07, 6.45) is 2.94. The monoisotopic (exact) mass is 310 g/mol. The smallest absolute Gasteiger partial charge is 0.227 e. The minimum Gasteiger partial charge on any atom is -0.312 e. The molecule has 23 heavy (non-hydrogen) atoms. The van der Waals surface area contributed by atoms with E-state index in [0.29, 0.717) is 12.3 Å². The summed E-state index contributed by atoms with van der Waals surface area (Å²) in [4.78, 5) is 17.2. The van der Waals surface area contributed by atoms with Crippen LogP contribution >= 0.6 is 0 Å². The second kappa shape index (κ2) is 7.14. The molecule has 3 heteroatoms. The van der Waals surface area contributed by atoms with Gasteiger partial charge in [-0.2, -0.15) is 0 Å². The summed E-state index contributed by atoms with van der Waals surface area (Å²) < 4.78 is 0. The molecule has 1 aliphatic rings. The molecular weight excluding hydrogens is 284 g/mol. The van der Waals surface area contributed by atoms with E-state index in [0.717, 1.165) is 43.5 Å². The average Bonchev–Trinajstić information content (AvgIpc) is 2.58. The Balaban J connectivity index is 1.79. The van der Waals surface area contributed by atoms with Crippen molar-refractivity contribution in [2.45, 2.75) is 26.2 Å². The zero-order valence-corrected chi connectivity index (χ0v) is 14.2. The number of rotatable bonds is 4.